The first-order chi connectivity index (χ1) is 9.22. The Kier molecular flexibility index (Phi) is 4.74. The molecule has 2 rings (SSSR count). The van der Waals surface area contributed by atoms with Gasteiger partial charge in [0, 0.05) is 19.5 Å². The van der Waals surface area contributed by atoms with Crippen molar-refractivity contribution < 1.29 is 0 Å². The summed E-state index contributed by atoms with van der Waals surface area (Å²) in [5.74, 6) is 2.62. The number of hydrogen-bond acceptors (Lipinski definition) is 5. The van der Waals surface area contributed by atoms with Gasteiger partial charge in [0.15, 0.2) is 0 Å². The van der Waals surface area contributed by atoms with E-state index >= 15 is 0 Å². The molecule has 2 N–H and O–H groups in total. The molecule has 2 heterocycles. The van der Waals surface area contributed by atoms with Crippen molar-refractivity contribution in [1.82, 2.24) is 9.97 Å². The average Bonchev–Trinajstić information content (AvgIpc) is 2.92. The molecule has 0 spiro atoms. The molecule has 5 heteroatoms. The van der Waals surface area contributed by atoms with E-state index in [0.29, 0.717) is 0 Å². The minimum atomic E-state index is 0.250. The highest BCUT2D eigenvalue weighted by molar-refractivity contribution is 7.07. The van der Waals surface area contributed by atoms with Crippen molar-refractivity contribution in [2.45, 2.75) is 32.7 Å². The van der Waals surface area contributed by atoms with Crippen molar-refractivity contribution in [3.63, 3.8) is 0 Å². The summed E-state index contributed by atoms with van der Waals surface area (Å²) < 4.78 is 0. The molecule has 0 fully saturated rings. The third-order valence-corrected chi connectivity index (χ3v) is 3.61. The maximum atomic E-state index is 4.56. The predicted molar refractivity (Wildman–Crippen MR) is 81.9 cm³/mol. The number of nitrogens with zero attached hydrogens (tertiary/aromatic N) is 2. The normalized spacial score (nSPS) is 12.2. The average molecular weight is 276 g/mol. The van der Waals surface area contributed by atoms with E-state index < -0.39 is 0 Å². The molecule has 0 amide bonds. The number of anilines is 2. The molecule has 0 bridgehead atoms. The van der Waals surface area contributed by atoms with Crippen LogP contribution in [0.15, 0.2) is 22.9 Å². The van der Waals surface area contributed by atoms with Crippen LogP contribution in [0.2, 0.25) is 0 Å². The van der Waals surface area contributed by atoms with Crippen molar-refractivity contribution in [3.8, 4) is 0 Å². The fraction of sp³-hybridized carbons (Fsp3) is 0.429. The van der Waals surface area contributed by atoms with Crippen LogP contribution in [0.25, 0.3) is 0 Å². The summed E-state index contributed by atoms with van der Waals surface area (Å²) in [4.78, 5) is 9.01. The van der Waals surface area contributed by atoms with Gasteiger partial charge in [-0.25, -0.2) is 9.97 Å². The highest BCUT2D eigenvalue weighted by Gasteiger charge is 2.08. The monoisotopic (exact) mass is 276 g/mol. The Morgan fingerprint density at radius 3 is 2.74 bits per heavy atom. The maximum Gasteiger partial charge on any atom is 0.133 e. The van der Waals surface area contributed by atoms with Crippen LogP contribution in [0, 0.1) is 0 Å². The molecule has 0 aromatic carbocycles. The lowest BCUT2D eigenvalue weighted by Crippen LogP contribution is -2.10. The van der Waals surface area contributed by atoms with Crippen molar-refractivity contribution in [2.75, 3.05) is 17.7 Å². The first-order valence-electron chi connectivity index (χ1n) is 6.57. The second kappa shape index (κ2) is 6.52. The number of aromatic nitrogens is 2. The topological polar surface area (TPSA) is 49.8 Å². The van der Waals surface area contributed by atoms with E-state index in [1.165, 1.54) is 5.56 Å². The molecule has 0 radical (unpaired) electrons. The Morgan fingerprint density at radius 2 is 2.11 bits per heavy atom. The highest BCUT2D eigenvalue weighted by atomic mass is 32.1. The van der Waals surface area contributed by atoms with Gasteiger partial charge in [0.1, 0.15) is 17.5 Å². The predicted octanol–water partition coefficient (Wildman–Crippen LogP) is 3.71. The molecule has 0 aliphatic carbocycles. The number of hydrogen-bond donors (Lipinski definition) is 2. The van der Waals surface area contributed by atoms with Gasteiger partial charge in [-0.15, -0.1) is 0 Å². The Hall–Kier alpha value is -1.62. The van der Waals surface area contributed by atoms with Gasteiger partial charge in [-0.1, -0.05) is 6.92 Å². The SMILES string of the molecule is CCCc1nc(NC)cc(NC(C)c2ccsc2)n1. The van der Waals surface area contributed by atoms with Crippen LogP contribution in [0.3, 0.4) is 0 Å². The summed E-state index contributed by atoms with van der Waals surface area (Å²) >= 11 is 1.71. The van der Waals surface area contributed by atoms with Crippen LogP contribution in [-0.4, -0.2) is 17.0 Å². The molecule has 1 unspecified atom stereocenters. The molecule has 2 aromatic rings. The molecular weight excluding hydrogens is 256 g/mol. The van der Waals surface area contributed by atoms with Gasteiger partial charge in [-0.05, 0) is 35.7 Å². The number of nitrogens with one attached hydrogen (secondary N) is 2. The fourth-order valence-electron chi connectivity index (χ4n) is 1.86. The summed E-state index contributed by atoms with van der Waals surface area (Å²) in [6.07, 6.45) is 1.95. The van der Waals surface area contributed by atoms with Gasteiger partial charge < -0.3 is 10.6 Å². The van der Waals surface area contributed by atoms with Crippen LogP contribution >= 0.6 is 11.3 Å². The Balaban J connectivity index is 2.16. The lowest BCUT2D eigenvalue weighted by atomic mass is 10.2. The van der Waals surface area contributed by atoms with Gasteiger partial charge >= 0.3 is 0 Å². The third kappa shape index (κ3) is 3.67. The smallest absolute Gasteiger partial charge is 0.133 e. The van der Waals surface area contributed by atoms with Gasteiger partial charge in [0.2, 0.25) is 0 Å². The molecular formula is C14H20N4S. The first kappa shape index (κ1) is 13.8. The van der Waals surface area contributed by atoms with Crippen LogP contribution in [-0.2, 0) is 6.42 Å². The van der Waals surface area contributed by atoms with Crippen molar-refractivity contribution >= 4 is 23.0 Å². The van der Waals surface area contributed by atoms with Crippen molar-refractivity contribution in [1.29, 1.82) is 0 Å². The van der Waals surface area contributed by atoms with E-state index in [9.17, 15) is 0 Å². The summed E-state index contributed by atoms with van der Waals surface area (Å²) in [5, 5.41) is 10.8. The summed E-state index contributed by atoms with van der Waals surface area (Å²) in [6, 6.07) is 4.33. The second-order valence-electron chi connectivity index (χ2n) is 4.48. The molecule has 4 nitrogen and oxygen atoms in total. The Bertz CT molecular complexity index is 510. The van der Waals surface area contributed by atoms with Crippen LogP contribution < -0.4 is 10.6 Å². The summed E-state index contributed by atoms with van der Waals surface area (Å²) in [6.45, 7) is 4.28. The molecule has 19 heavy (non-hydrogen) atoms. The van der Waals surface area contributed by atoms with Crippen LogP contribution in [0.1, 0.15) is 37.7 Å². The molecule has 102 valence electrons. The highest BCUT2D eigenvalue weighted by Crippen LogP contribution is 2.21. The zero-order valence-electron chi connectivity index (χ0n) is 11.6. The Morgan fingerprint density at radius 1 is 1.32 bits per heavy atom. The van der Waals surface area contributed by atoms with E-state index in [1.807, 2.05) is 13.1 Å². The first-order valence-corrected chi connectivity index (χ1v) is 7.51. The van der Waals surface area contributed by atoms with E-state index in [1.54, 1.807) is 11.3 Å². The molecule has 2 aromatic heterocycles. The Labute approximate surface area is 118 Å². The number of aryl methyl sites for hydroxylation is 1. The van der Waals surface area contributed by atoms with Crippen LogP contribution in [0.5, 0.6) is 0 Å². The minimum absolute atomic E-state index is 0.250. The minimum Gasteiger partial charge on any atom is -0.373 e. The summed E-state index contributed by atoms with van der Waals surface area (Å²) in [5.41, 5.74) is 1.28. The number of thiophene rings is 1. The maximum absolute atomic E-state index is 4.56. The van der Waals surface area contributed by atoms with E-state index in [0.717, 1.165) is 30.3 Å². The van der Waals surface area contributed by atoms with Crippen molar-refractivity contribution in [2.24, 2.45) is 0 Å². The van der Waals surface area contributed by atoms with Gasteiger partial charge in [-0.3, -0.25) is 0 Å². The summed E-state index contributed by atoms with van der Waals surface area (Å²) in [7, 11) is 1.88. The van der Waals surface area contributed by atoms with Gasteiger partial charge in [0.05, 0.1) is 6.04 Å². The van der Waals surface area contributed by atoms with Crippen molar-refractivity contribution in [3.05, 3.63) is 34.3 Å². The molecule has 0 aliphatic rings. The second-order valence-corrected chi connectivity index (χ2v) is 5.26. The lowest BCUT2D eigenvalue weighted by molar-refractivity contribution is 0.821. The lowest BCUT2D eigenvalue weighted by Gasteiger charge is -2.15. The van der Waals surface area contributed by atoms with E-state index in [-0.39, 0.29) is 6.04 Å². The number of rotatable bonds is 6. The standard InChI is InChI=1S/C14H20N4S/c1-4-5-12-17-13(15-3)8-14(18-12)16-10(2)11-6-7-19-9-11/h6-10H,4-5H2,1-3H3,(H2,15,16,17,18). The zero-order valence-corrected chi connectivity index (χ0v) is 12.4. The molecule has 0 aliphatic heterocycles. The van der Waals surface area contributed by atoms with Gasteiger partial charge in [0.25, 0.3) is 0 Å². The molecule has 0 saturated heterocycles. The molecule has 1 atom stereocenters. The van der Waals surface area contributed by atoms with E-state index in [4.69, 9.17) is 0 Å². The quantitative estimate of drug-likeness (QED) is 0.844. The fourth-order valence-corrected chi connectivity index (χ4v) is 2.62. The van der Waals surface area contributed by atoms with E-state index in [2.05, 4.69) is 51.3 Å². The largest absolute Gasteiger partial charge is 0.373 e. The zero-order chi connectivity index (χ0) is 13.7. The van der Waals surface area contributed by atoms with Gasteiger partial charge in [-0.2, -0.15) is 11.3 Å². The third-order valence-electron chi connectivity index (χ3n) is 2.91. The molecule has 0 saturated carbocycles. The van der Waals surface area contributed by atoms with Crippen LogP contribution in [0.4, 0.5) is 11.6 Å².